The minimum Gasteiger partial charge on any atom is -0.495 e. The minimum atomic E-state index is -0.465. The first-order valence-corrected chi connectivity index (χ1v) is 8.20. The Morgan fingerprint density at radius 2 is 1.60 bits per heavy atom. The molecule has 0 unspecified atom stereocenters. The van der Waals surface area contributed by atoms with E-state index < -0.39 is 5.82 Å². The van der Waals surface area contributed by atoms with Crippen LogP contribution in [0.15, 0.2) is 34.8 Å². The number of hydrogen-bond donors (Lipinski definition) is 0. The van der Waals surface area contributed by atoms with Crippen molar-refractivity contribution in [2.75, 3.05) is 28.4 Å². The van der Waals surface area contributed by atoms with Crippen molar-refractivity contribution in [2.24, 2.45) is 0 Å². The molecule has 5 nitrogen and oxygen atoms in total. The molecule has 0 fully saturated rings. The SMILES string of the molecule is COc1ccc(CN(C)C(=O)c2cc(OC)c(Br)c(OC)c2)cc1F. The van der Waals surface area contributed by atoms with Crippen molar-refractivity contribution in [3.8, 4) is 17.2 Å². The van der Waals surface area contributed by atoms with Crippen molar-refractivity contribution < 1.29 is 23.4 Å². The van der Waals surface area contributed by atoms with Gasteiger partial charge in [-0.3, -0.25) is 4.79 Å². The zero-order valence-electron chi connectivity index (χ0n) is 14.4. The fourth-order valence-electron chi connectivity index (χ4n) is 2.37. The summed E-state index contributed by atoms with van der Waals surface area (Å²) in [4.78, 5) is 14.2. The first-order valence-electron chi connectivity index (χ1n) is 7.40. The van der Waals surface area contributed by atoms with Gasteiger partial charge in [0.25, 0.3) is 5.91 Å². The third kappa shape index (κ3) is 4.22. The highest BCUT2D eigenvalue weighted by molar-refractivity contribution is 9.10. The number of ether oxygens (including phenoxy) is 3. The fraction of sp³-hybridized carbons (Fsp3) is 0.278. The van der Waals surface area contributed by atoms with E-state index in [0.29, 0.717) is 27.1 Å². The molecule has 1 amide bonds. The average Bonchev–Trinajstić information content (AvgIpc) is 2.61. The van der Waals surface area contributed by atoms with Crippen molar-refractivity contribution in [1.29, 1.82) is 0 Å². The van der Waals surface area contributed by atoms with Gasteiger partial charge in [-0.1, -0.05) is 6.07 Å². The lowest BCUT2D eigenvalue weighted by atomic mass is 10.1. The van der Waals surface area contributed by atoms with E-state index in [0.717, 1.165) is 0 Å². The van der Waals surface area contributed by atoms with Gasteiger partial charge < -0.3 is 19.1 Å². The van der Waals surface area contributed by atoms with Crippen LogP contribution in [0.1, 0.15) is 15.9 Å². The molecular formula is C18H19BrFNO4. The molecule has 2 rings (SSSR count). The maximum Gasteiger partial charge on any atom is 0.254 e. The summed E-state index contributed by atoms with van der Waals surface area (Å²) in [6, 6.07) is 7.86. The summed E-state index contributed by atoms with van der Waals surface area (Å²) in [7, 11) is 6.07. The van der Waals surface area contributed by atoms with E-state index >= 15 is 0 Å². The first-order chi connectivity index (χ1) is 11.9. The van der Waals surface area contributed by atoms with E-state index in [-0.39, 0.29) is 18.2 Å². The molecule has 0 aliphatic heterocycles. The van der Waals surface area contributed by atoms with Gasteiger partial charge in [0, 0.05) is 19.2 Å². The van der Waals surface area contributed by atoms with Gasteiger partial charge in [-0.2, -0.15) is 0 Å². The topological polar surface area (TPSA) is 48.0 Å². The monoisotopic (exact) mass is 411 g/mol. The Morgan fingerprint density at radius 3 is 2.08 bits per heavy atom. The summed E-state index contributed by atoms with van der Waals surface area (Å²) in [5.74, 6) is 0.450. The van der Waals surface area contributed by atoms with Gasteiger partial charge in [-0.15, -0.1) is 0 Å². The van der Waals surface area contributed by atoms with E-state index in [4.69, 9.17) is 14.2 Å². The van der Waals surface area contributed by atoms with Gasteiger partial charge >= 0.3 is 0 Å². The highest BCUT2D eigenvalue weighted by Crippen LogP contribution is 2.36. The minimum absolute atomic E-state index is 0.167. The van der Waals surface area contributed by atoms with Crippen LogP contribution >= 0.6 is 15.9 Å². The quantitative estimate of drug-likeness (QED) is 0.723. The lowest BCUT2D eigenvalue weighted by Gasteiger charge is -2.19. The van der Waals surface area contributed by atoms with Crippen LogP contribution in [0, 0.1) is 5.82 Å². The predicted octanol–water partition coefficient (Wildman–Crippen LogP) is 3.89. The summed E-state index contributed by atoms with van der Waals surface area (Å²) in [5.41, 5.74) is 1.07. The highest BCUT2D eigenvalue weighted by atomic mass is 79.9. The van der Waals surface area contributed by atoms with Crippen molar-refractivity contribution in [2.45, 2.75) is 6.54 Å². The number of benzene rings is 2. The maximum absolute atomic E-state index is 13.8. The summed E-state index contributed by atoms with van der Waals surface area (Å²) < 4.78 is 29.8. The van der Waals surface area contributed by atoms with E-state index in [2.05, 4.69) is 15.9 Å². The Hall–Kier alpha value is -2.28. The molecule has 7 heteroatoms. The van der Waals surface area contributed by atoms with Crippen molar-refractivity contribution >= 4 is 21.8 Å². The number of rotatable bonds is 6. The number of amides is 1. The van der Waals surface area contributed by atoms with Crippen LogP contribution in [0.3, 0.4) is 0 Å². The Morgan fingerprint density at radius 1 is 1.04 bits per heavy atom. The van der Waals surface area contributed by atoms with Crippen LogP contribution in [-0.2, 0) is 6.54 Å². The van der Waals surface area contributed by atoms with Crippen molar-refractivity contribution in [3.63, 3.8) is 0 Å². The fourth-order valence-corrected chi connectivity index (χ4v) is 2.92. The van der Waals surface area contributed by atoms with E-state index in [1.807, 2.05) is 0 Å². The normalized spacial score (nSPS) is 10.3. The average molecular weight is 412 g/mol. The third-order valence-electron chi connectivity index (χ3n) is 3.68. The molecule has 2 aromatic rings. The van der Waals surface area contributed by atoms with E-state index in [1.165, 1.54) is 38.4 Å². The van der Waals surface area contributed by atoms with Crippen LogP contribution < -0.4 is 14.2 Å². The second-order valence-electron chi connectivity index (χ2n) is 5.32. The molecule has 25 heavy (non-hydrogen) atoms. The first kappa shape index (κ1) is 19.1. The third-order valence-corrected chi connectivity index (χ3v) is 4.46. The molecule has 0 heterocycles. The summed E-state index contributed by atoms with van der Waals surface area (Å²) >= 11 is 3.37. The van der Waals surface area contributed by atoms with Gasteiger partial charge in [0.05, 0.1) is 21.3 Å². The number of carbonyl (C=O) groups is 1. The molecule has 0 N–H and O–H groups in total. The Bertz CT molecular complexity index is 757. The molecule has 0 aliphatic carbocycles. The van der Waals surface area contributed by atoms with Gasteiger partial charge in [0.15, 0.2) is 11.6 Å². The van der Waals surface area contributed by atoms with Crippen LogP contribution in [-0.4, -0.2) is 39.2 Å². The zero-order chi connectivity index (χ0) is 18.6. The van der Waals surface area contributed by atoms with Crippen LogP contribution in [0.2, 0.25) is 0 Å². The summed E-state index contributed by atoms with van der Waals surface area (Å²) in [6.45, 7) is 0.250. The van der Waals surface area contributed by atoms with Crippen LogP contribution in [0.4, 0.5) is 4.39 Å². The Kier molecular flexibility index (Phi) is 6.25. The number of nitrogens with zero attached hydrogens (tertiary/aromatic N) is 1. The number of hydrogen-bond acceptors (Lipinski definition) is 4. The van der Waals surface area contributed by atoms with Crippen molar-refractivity contribution in [3.05, 3.63) is 51.7 Å². The van der Waals surface area contributed by atoms with E-state index in [9.17, 15) is 9.18 Å². The molecule has 0 bridgehead atoms. The van der Waals surface area contributed by atoms with Crippen LogP contribution in [0.25, 0.3) is 0 Å². The second-order valence-corrected chi connectivity index (χ2v) is 6.12. The largest absolute Gasteiger partial charge is 0.495 e. The van der Waals surface area contributed by atoms with Gasteiger partial charge in [0.1, 0.15) is 16.0 Å². The molecule has 0 saturated heterocycles. The predicted molar refractivity (Wildman–Crippen MR) is 96.0 cm³/mol. The molecule has 0 atom stereocenters. The molecular weight excluding hydrogens is 393 g/mol. The number of carbonyl (C=O) groups excluding carboxylic acids is 1. The van der Waals surface area contributed by atoms with Crippen molar-refractivity contribution in [1.82, 2.24) is 4.90 Å². The van der Waals surface area contributed by atoms with Gasteiger partial charge in [-0.05, 0) is 45.8 Å². The Balaban J connectivity index is 2.23. The second kappa shape index (κ2) is 8.20. The lowest BCUT2D eigenvalue weighted by molar-refractivity contribution is 0.0784. The lowest BCUT2D eigenvalue weighted by Crippen LogP contribution is -2.26. The summed E-state index contributed by atoms with van der Waals surface area (Å²) in [5, 5.41) is 0. The zero-order valence-corrected chi connectivity index (χ0v) is 16.0. The van der Waals surface area contributed by atoms with Crippen LogP contribution in [0.5, 0.6) is 17.2 Å². The highest BCUT2D eigenvalue weighted by Gasteiger charge is 2.18. The molecule has 0 aromatic heterocycles. The number of halogens is 2. The Labute approximate surface area is 154 Å². The van der Waals surface area contributed by atoms with Gasteiger partial charge in [0.2, 0.25) is 0 Å². The van der Waals surface area contributed by atoms with Gasteiger partial charge in [-0.25, -0.2) is 4.39 Å². The number of methoxy groups -OCH3 is 3. The molecule has 2 aromatic carbocycles. The molecule has 0 radical (unpaired) electrons. The standard InChI is InChI=1S/C18H19BrFNO4/c1-21(10-11-5-6-14(23-2)13(20)7-11)18(22)12-8-15(24-3)17(19)16(9-12)25-4/h5-9H,10H2,1-4H3. The van der Waals surface area contributed by atoms with E-state index in [1.54, 1.807) is 25.2 Å². The molecule has 0 aliphatic rings. The summed E-state index contributed by atoms with van der Waals surface area (Å²) in [6.07, 6.45) is 0. The molecule has 134 valence electrons. The molecule has 0 spiro atoms. The maximum atomic E-state index is 13.8. The molecule has 0 saturated carbocycles. The smallest absolute Gasteiger partial charge is 0.254 e.